The molecule has 0 aliphatic rings. The second kappa shape index (κ2) is 7.11. The van der Waals surface area contributed by atoms with E-state index in [1.807, 2.05) is 12.1 Å². The van der Waals surface area contributed by atoms with Gasteiger partial charge in [0, 0.05) is 18.7 Å². The number of furan rings is 1. The van der Waals surface area contributed by atoms with E-state index in [1.165, 1.54) is 0 Å². The molecule has 114 valence electrons. The Kier molecular flexibility index (Phi) is 5.20. The van der Waals surface area contributed by atoms with Crippen LogP contribution in [0.2, 0.25) is 0 Å². The van der Waals surface area contributed by atoms with E-state index in [0.717, 1.165) is 36.0 Å². The van der Waals surface area contributed by atoms with Crippen LogP contribution in [0.3, 0.4) is 0 Å². The largest absolute Gasteiger partial charge is 0.467 e. The Morgan fingerprint density at radius 3 is 2.67 bits per heavy atom. The first-order chi connectivity index (χ1) is 10.2. The van der Waals surface area contributed by atoms with Gasteiger partial charge in [-0.3, -0.25) is 0 Å². The summed E-state index contributed by atoms with van der Waals surface area (Å²) in [6.45, 7) is 11.0. The Balaban J connectivity index is 2.37. The van der Waals surface area contributed by atoms with Crippen LogP contribution >= 0.6 is 0 Å². The van der Waals surface area contributed by atoms with Crippen LogP contribution in [-0.4, -0.2) is 23.1 Å². The van der Waals surface area contributed by atoms with E-state index < -0.39 is 0 Å². The molecule has 0 aliphatic carbocycles. The van der Waals surface area contributed by atoms with Gasteiger partial charge in [0.15, 0.2) is 0 Å². The monoisotopic (exact) mass is 288 g/mol. The zero-order valence-corrected chi connectivity index (χ0v) is 13.3. The molecular formula is C16H24N4O. The number of nitrogens with one attached hydrogen (secondary N) is 1. The van der Waals surface area contributed by atoms with Crippen LogP contribution in [0.4, 0.5) is 11.6 Å². The molecule has 0 fully saturated rings. The fourth-order valence-corrected chi connectivity index (χ4v) is 2.41. The van der Waals surface area contributed by atoms with E-state index in [1.54, 1.807) is 12.6 Å². The molecule has 0 spiro atoms. The summed E-state index contributed by atoms with van der Waals surface area (Å²) in [6, 6.07) is 3.90. The Morgan fingerprint density at radius 1 is 1.29 bits per heavy atom. The van der Waals surface area contributed by atoms with Crippen molar-refractivity contribution in [1.29, 1.82) is 0 Å². The molecule has 5 nitrogen and oxygen atoms in total. The molecule has 0 amide bonds. The molecule has 0 saturated carbocycles. The summed E-state index contributed by atoms with van der Waals surface area (Å²) in [4.78, 5) is 11.1. The molecule has 21 heavy (non-hydrogen) atoms. The first-order valence-corrected chi connectivity index (χ1v) is 7.53. The Morgan fingerprint density at radius 2 is 2.10 bits per heavy atom. The molecular weight excluding hydrogens is 264 g/mol. The lowest BCUT2D eigenvalue weighted by atomic mass is 10.0. The highest BCUT2D eigenvalue weighted by Gasteiger charge is 2.19. The van der Waals surface area contributed by atoms with Crippen molar-refractivity contribution in [2.24, 2.45) is 0 Å². The number of hydrogen-bond acceptors (Lipinski definition) is 5. The minimum atomic E-state index is 0.348. The number of aromatic nitrogens is 2. The summed E-state index contributed by atoms with van der Waals surface area (Å²) in [5.74, 6) is 3.20. The molecule has 0 bridgehead atoms. The van der Waals surface area contributed by atoms with Gasteiger partial charge in [-0.25, -0.2) is 9.97 Å². The van der Waals surface area contributed by atoms with Crippen molar-refractivity contribution < 1.29 is 4.42 Å². The topological polar surface area (TPSA) is 54.2 Å². The summed E-state index contributed by atoms with van der Waals surface area (Å²) in [5.41, 5.74) is 1.16. The molecule has 0 saturated heterocycles. The molecule has 0 atom stereocenters. The van der Waals surface area contributed by atoms with Gasteiger partial charge in [0.05, 0.1) is 12.8 Å². The van der Waals surface area contributed by atoms with Crippen molar-refractivity contribution in [2.75, 3.05) is 23.3 Å². The van der Waals surface area contributed by atoms with Crippen LogP contribution in [0.15, 0.2) is 29.1 Å². The van der Waals surface area contributed by atoms with Gasteiger partial charge in [0.1, 0.15) is 23.7 Å². The van der Waals surface area contributed by atoms with E-state index in [0.29, 0.717) is 12.5 Å². The Labute approximate surface area is 126 Å². The van der Waals surface area contributed by atoms with Crippen LogP contribution in [0.5, 0.6) is 0 Å². The van der Waals surface area contributed by atoms with Crippen molar-refractivity contribution in [3.8, 4) is 0 Å². The fraction of sp³-hybridized carbons (Fsp3) is 0.500. The maximum absolute atomic E-state index is 5.46. The third-order valence-electron chi connectivity index (χ3n) is 3.39. The van der Waals surface area contributed by atoms with E-state index in [4.69, 9.17) is 4.42 Å². The zero-order chi connectivity index (χ0) is 15.2. The second-order valence-corrected chi connectivity index (χ2v) is 5.24. The summed E-state index contributed by atoms with van der Waals surface area (Å²) < 4.78 is 5.46. The summed E-state index contributed by atoms with van der Waals surface area (Å²) in [5, 5.41) is 3.33. The predicted octanol–water partition coefficient (Wildman–Crippen LogP) is 3.65. The lowest BCUT2D eigenvalue weighted by Gasteiger charge is -2.26. The van der Waals surface area contributed by atoms with Gasteiger partial charge in [-0.05, 0) is 31.9 Å². The lowest BCUT2D eigenvalue weighted by molar-refractivity contribution is 0.502. The number of anilines is 2. The van der Waals surface area contributed by atoms with Gasteiger partial charge < -0.3 is 14.6 Å². The average molecular weight is 288 g/mol. The van der Waals surface area contributed by atoms with Crippen LogP contribution in [0, 0.1) is 0 Å². The summed E-state index contributed by atoms with van der Waals surface area (Å²) in [6.07, 6.45) is 3.33. The highest BCUT2D eigenvalue weighted by Crippen LogP contribution is 2.31. The number of rotatable bonds is 7. The summed E-state index contributed by atoms with van der Waals surface area (Å²) >= 11 is 0. The minimum absolute atomic E-state index is 0.348. The van der Waals surface area contributed by atoms with Crippen molar-refractivity contribution in [3.05, 3.63) is 36.0 Å². The molecule has 2 aromatic heterocycles. The lowest BCUT2D eigenvalue weighted by Crippen LogP contribution is -2.25. The molecule has 0 aliphatic heterocycles. The van der Waals surface area contributed by atoms with Crippen molar-refractivity contribution in [1.82, 2.24) is 9.97 Å². The second-order valence-electron chi connectivity index (χ2n) is 5.24. The smallest absolute Gasteiger partial charge is 0.137 e. The third-order valence-corrected chi connectivity index (χ3v) is 3.39. The molecule has 1 N–H and O–H groups in total. The molecule has 0 radical (unpaired) electrons. The highest BCUT2D eigenvalue weighted by molar-refractivity contribution is 5.60. The fourth-order valence-electron chi connectivity index (χ4n) is 2.41. The van der Waals surface area contributed by atoms with Gasteiger partial charge in [0.25, 0.3) is 0 Å². The molecule has 2 heterocycles. The van der Waals surface area contributed by atoms with Crippen LogP contribution in [0.25, 0.3) is 0 Å². The SMILES string of the molecule is CCNc1ncnc(N(CC)Cc2ccco2)c1C(C)C. The Bertz CT molecular complexity index is 551. The van der Waals surface area contributed by atoms with E-state index >= 15 is 0 Å². The first kappa shape index (κ1) is 15.4. The first-order valence-electron chi connectivity index (χ1n) is 7.53. The van der Waals surface area contributed by atoms with Crippen LogP contribution < -0.4 is 10.2 Å². The normalized spacial score (nSPS) is 10.9. The standard InChI is InChI=1S/C16H24N4O/c1-5-17-15-14(12(3)4)16(19-11-18-15)20(6-2)10-13-8-7-9-21-13/h7-9,11-12H,5-6,10H2,1-4H3,(H,17,18,19). The van der Waals surface area contributed by atoms with Crippen molar-refractivity contribution >= 4 is 11.6 Å². The molecule has 0 aromatic carbocycles. The van der Waals surface area contributed by atoms with Gasteiger partial charge in [-0.1, -0.05) is 13.8 Å². The van der Waals surface area contributed by atoms with Gasteiger partial charge in [-0.15, -0.1) is 0 Å². The third kappa shape index (κ3) is 3.54. The highest BCUT2D eigenvalue weighted by atomic mass is 16.3. The van der Waals surface area contributed by atoms with E-state index in [9.17, 15) is 0 Å². The van der Waals surface area contributed by atoms with E-state index in [2.05, 4.69) is 47.9 Å². The zero-order valence-electron chi connectivity index (χ0n) is 13.3. The average Bonchev–Trinajstić information content (AvgIpc) is 2.97. The minimum Gasteiger partial charge on any atom is -0.467 e. The molecule has 0 unspecified atom stereocenters. The Hall–Kier alpha value is -2.04. The molecule has 2 rings (SSSR count). The summed E-state index contributed by atoms with van der Waals surface area (Å²) in [7, 11) is 0. The molecule has 5 heteroatoms. The van der Waals surface area contributed by atoms with Crippen molar-refractivity contribution in [3.63, 3.8) is 0 Å². The van der Waals surface area contributed by atoms with Gasteiger partial charge >= 0.3 is 0 Å². The van der Waals surface area contributed by atoms with Crippen molar-refractivity contribution in [2.45, 2.75) is 40.2 Å². The van der Waals surface area contributed by atoms with Crippen LogP contribution in [0.1, 0.15) is 44.9 Å². The van der Waals surface area contributed by atoms with Gasteiger partial charge in [-0.2, -0.15) is 0 Å². The quantitative estimate of drug-likeness (QED) is 0.842. The van der Waals surface area contributed by atoms with E-state index in [-0.39, 0.29) is 0 Å². The number of nitrogens with zero attached hydrogens (tertiary/aromatic N) is 3. The van der Waals surface area contributed by atoms with Gasteiger partial charge in [0.2, 0.25) is 0 Å². The molecule has 2 aromatic rings. The maximum Gasteiger partial charge on any atom is 0.137 e. The maximum atomic E-state index is 5.46. The number of hydrogen-bond donors (Lipinski definition) is 1. The predicted molar refractivity (Wildman–Crippen MR) is 85.7 cm³/mol. The van der Waals surface area contributed by atoms with Crippen LogP contribution in [-0.2, 0) is 6.54 Å².